The topological polar surface area (TPSA) is 56.4 Å². The lowest BCUT2D eigenvalue weighted by atomic mass is 10.1. The Bertz CT molecular complexity index is 1050. The van der Waals surface area contributed by atoms with E-state index in [0.717, 1.165) is 30.6 Å². The van der Waals surface area contributed by atoms with E-state index < -0.39 is 0 Å². The zero-order valence-corrected chi connectivity index (χ0v) is 15.7. The van der Waals surface area contributed by atoms with Gasteiger partial charge in [-0.15, -0.1) is 0 Å². The predicted molar refractivity (Wildman–Crippen MR) is 109 cm³/mol. The number of amides is 2. The maximum absolute atomic E-state index is 13.1. The lowest BCUT2D eigenvalue weighted by Crippen LogP contribution is -2.36. The van der Waals surface area contributed by atoms with Gasteiger partial charge in [-0.1, -0.05) is 36.4 Å². The van der Waals surface area contributed by atoms with Gasteiger partial charge in [-0.3, -0.25) is 9.59 Å². The summed E-state index contributed by atoms with van der Waals surface area (Å²) in [5.41, 5.74) is 4.56. The second-order valence-electron chi connectivity index (χ2n) is 7.72. The molecule has 5 nitrogen and oxygen atoms in total. The molecule has 0 aliphatic carbocycles. The summed E-state index contributed by atoms with van der Waals surface area (Å²) in [5.74, 6) is -0.0554. The Labute approximate surface area is 163 Å². The fourth-order valence-electron chi connectivity index (χ4n) is 4.54. The molecule has 5 heteroatoms. The number of aromatic amines is 1. The van der Waals surface area contributed by atoms with Gasteiger partial charge in [-0.05, 0) is 36.1 Å². The number of carbonyl (C=O) groups excluding carboxylic acids is 2. The number of para-hydroxylation sites is 2. The summed E-state index contributed by atoms with van der Waals surface area (Å²) in [6.07, 6.45) is 4.04. The van der Waals surface area contributed by atoms with Crippen molar-refractivity contribution in [1.29, 1.82) is 0 Å². The van der Waals surface area contributed by atoms with E-state index in [1.54, 1.807) is 0 Å². The van der Waals surface area contributed by atoms with Gasteiger partial charge in [0.1, 0.15) is 0 Å². The molecule has 2 amide bonds. The van der Waals surface area contributed by atoms with Gasteiger partial charge < -0.3 is 14.8 Å². The largest absolute Gasteiger partial charge is 0.361 e. The Morgan fingerprint density at radius 3 is 2.86 bits per heavy atom. The first-order chi connectivity index (χ1) is 13.7. The van der Waals surface area contributed by atoms with Crippen LogP contribution in [0, 0.1) is 5.92 Å². The van der Waals surface area contributed by atoms with E-state index in [9.17, 15) is 9.59 Å². The van der Waals surface area contributed by atoms with E-state index >= 15 is 0 Å². The van der Waals surface area contributed by atoms with Gasteiger partial charge in [-0.2, -0.15) is 0 Å². The summed E-state index contributed by atoms with van der Waals surface area (Å²) in [4.78, 5) is 32.6. The molecule has 1 saturated heterocycles. The van der Waals surface area contributed by atoms with Gasteiger partial charge in [0.05, 0.1) is 5.92 Å². The summed E-state index contributed by atoms with van der Waals surface area (Å²) in [6.45, 7) is 1.90. The minimum Gasteiger partial charge on any atom is -0.361 e. The first-order valence-electron chi connectivity index (χ1n) is 9.93. The second kappa shape index (κ2) is 6.82. The highest BCUT2D eigenvalue weighted by atomic mass is 16.2. The number of nitrogens with one attached hydrogen (secondary N) is 1. The number of fused-ring (bicyclic) bond motifs is 2. The molecule has 2 aromatic carbocycles. The third kappa shape index (κ3) is 2.87. The van der Waals surface area contributed by atoms with Crippen LogP contribution in [0.2, 0.25) is 0 Å². The first-order valence-corrected chi connectivity index (χ1v) is 9.93. The number of hydrogen-bond acceptors (Lipinski definition) is 2. The molecule has 2 aliphatic heterocycles. The molecule has 142 valence electrons. The lowest BCUT2D eigenvalue weighted by molar-refractivity contribution is -0.128. The van der Waals surface area contributed by atoms with Crippen molar-refractivity contribution in [3.05, 3.63) is 65.9 Å². The second-order valence-corrected chi connectivity index (χ2v) is 7.72. The van der Waals surface area contributed by atoms with E-state index in [0.29, 0.717) is 19.5 Å². The molecule has 3 heterocycles. The number of anilines is 1. The van der Waals surface area contributed by atoms with E-state index in [2.05, 4.69) is 23.2 Å². The monoisotopic (exact) mass is 373 g/mol. The van der Waals surface area contributed by atoms with Crippen LogP contribution in [0.5, 0.6) is 0 Å². The van der Waals surface area contributed by atoms with Crippen LogP contribution >= 0.6 is 0 Å². The van der Waals surface area contributed by atoms with Crippen LogP contribution < -0.4 is 4.90 Å². The molecule has 1 fully saturated rings. The SMILES string of the molecule is O=C1CC(C(=O)N2CCc3ccccc32)CN1CCc1c[nH]c2ccccc12. The van der Waals surface area contributed by atoms with Crippen LogP contribution in [0.3, 0.4) is 0 Å². The number of carbonyl (C=O) groups is 2. The maximum Gasteiger partial charge on any atom is 0.232 e. The summed E-state index contributed by atoms with van der Waals surface area (Å²) in [6, 6.07) is 16.3. The van der Waals surface area contributed by atoms with E-state index in [1.165, 1.54) is 16.5 Å². The zero-order chi connectivity index (χ0) is 19.1. The Morgan fingerprint density at radius 2 is 1.93 bits per heavy atom. The molecule has 1 atom stereocenters. The standard InChI is InChI=1S/C23H23N3O2/c27-22-13-18(23(28)26-12-10-16-5-1-4-8-21(16)26)15-25(22)11-9-17-14-24-20-7-3-2-6-19(17)20/h1-8,14,18,24H,9-13,15H2. The minimum atomic E-state index is -0.235. The Morgan fingerprint density at radius 1 is 1.11 bits per heavy atom. The molecule has 3 aromatic rings. The van der Waals surface area contributed by atoms with Crippen LogP contribution in [0.1, 0.15) is 17.5 Å². The molecule has 1 unspecified atom stereocenters. The third-order valence-electron chi connectivity index (χ3n) is 6.04. The van der Waals surface area contributed by atoms with Gasteiger partial charge >= 0.3 is 0 Å². The molecule has 0 radical (unpaired) electrons. The van der Waals surface area contributed by atoms with E-state index in [1.807, 2.05) is 46.3 Å². The molecule has 0 spiro atoms. The highest BCUT2D eigenvalue weighted by Gasteiger charge is 2.38. The maximum atomic E-state index is 13.1. The van der Waals surface area contributed by atoms with Gasteiger partial charge in [0.2, 0.25) is 11.8 Å². The first kappa shape index (κ1) is 17.0. The molecule has 2 aliphatic rings. The number of likely N-dealkylation sites (tertiary alicyclic amines) is 1. The van der Waals surface area contributed by atoms with E-state index in [-0.39, 0.29) is 17.7 Å². The average Bonchev–Trinajstić information content (AvgIpc) is 3.42. The average molecular weight is 373 g/mol. The van der Waals surface area contributed by atoms with Crippen LogP contribution in [0.4, 0.5) is 5.69 Å². The van der Waals surface area contributed by atoms with Crippen molar-refractivity contribution in [1.82, 2.24) is 9.88 Å². The Kier molecular flexibility index (Phi) is 4.15. The smallest absolute Gasteiger partial charge is 0.232 e. The van der Waals surface area contributed by atoms with Crippen LogP contribution in [-0.2, 0) is 22.4 Å². The van der Waals surface area contributed by atoms with Gasteiger partial charge in [0, 0.05) is 48.8 Å². The number of nitrogens with zero attached hydrogens (tertiary/aromatic N) is 2. The zero-order valence-electron chi connectivity index (χ0n) is 15.7. The van der Waals surface area contributed by atoms with Crippen LogP contribution in [-0.4, -0.2) is 41.3 Å². The van der Waals surface area contributed by atoms with Crippen molar-refractivity contribution in [3.8, 4) is 0 Å². The van der Waals surface area contributed by atoms with Gasteiger partial charge in [-0.25, -0.2) is 0 Å². The molecule has 28 heavy (non-hydrogen) atoms. The number of H-pyrrole nitrogens is 1. The van der Waals surface area contributed by atoms with Crippen molar-refractivity contribution < 1.29 is 9.59 Å². The van der Waals surface area contributed by atoms with E-state index in [4.69, 9.17) is 0 Å². The number of benzene rings is 2. The Hall–Kier alpha value is -3.08. The minimum absolute atomic E-state index is 0.0886. The quantitative estimate of drug-likeness (QED) is 0.764. The Balaban J connectivity index is 1.25. The molecular formula is C23H23N3O2. The number of hydrogen-bond donors (Lipinski definition) is 1. The van der Waals surface area contributed by atoms with Crippen LogP contribution in [0.15, 0.2) is 54.7 Å². The summed E-state index contributed by atoms with van der Waals surface area (Å²) >= 11 is 0. The lowest BCUT2D eigenvalue weighted by Gasteiger charge is -2.21. The number of rotatable bonds is 4. The summed E-state index contributed by atoms with van der Waals surface area (Å²) < 4.78 is 0. The van der Waals surface area contributed by atoms with Gasteiger partial charge in [0.15, 0.2) is 0 Å². The third-order valence-corrected chi connectivity index (χ3v) is 6.04. The van der Waals surface area contributed by atoms with Crippen LogP contribution in [0.25, 0.3) is 10.9 Å². The number of aromatic nitrogens is 1. The molecule has 5 rings (SSSR count). The van der Waals surface area contributed by atoms with Crippen molar-refractivity contribution >= 4 is 28.4 Å². The highest BCUT2D eigenvalue weighted by Crippen LogP contribution is 2.31. The molecule has 0 saturated carbocycles. The fraction of sp³-hybridized carbons (Fsp3) is 0.304. The van der Waals surface area contributed by atoms with Gasteiger partial charge in [0.25, 0.3) is 0 Å². The highest BCUT2D eigenvalue weighted by molar-refractivity contribution is 6.00. The predicted octanol–water partition coefficient (Wildman–Crippen LogP) is 3.15. The van der Waals surface area contributed by atoms with Crippen molar-refractivity contribution in [2.75, 3.05) is 24.5 Å². The fourth-order valence-corrected chi connectivity index (χ4v) is 4.54. The molecule has 0 bridgehead atoms. The van der Waals surface area contributed by atoms with Crippen molar-refractivity contribution in [3.63, 3.8) is 0 Å². The molecule has 1 N–H and O–H groups in total. The van der Waals surface area contributed by atoms with Crippen molar-refractivity contribution in [2.24, 2.45) is 5.92 Å². The van der Waals surface area contributed by atoms with Crippen molar-refractivity contribution in [2.45, 2.75) is 19.3 Å². The molecular weight excluding hydrogens is 350 g/mol. The normalized spacial score (nSPS) is 18.9. The summed E-state index contributed by atoms with van der Waals surface area (Å²) in [5, 5.41) is 1.20. The molecule has 1 aromatic heterocycles. The summed E-state index contributed by atoms with van der Waals surface area (Å²) in [7, 11) is 0.